The van der Waals surface area contributed by atoms with Crippen molar-refractivity contribution < 1.29 is 4.74 Å². The highest BCUT2D eigenvalue weighted by molar-refractivity contribution is 5.81. The highest BCUT2D eigenvalue weighted by atomic mass is 16.5. The Balaban J connectivity index is 2.62. The van der Waals surface area contributed by atoms with Crippen LogP contribution in [0.4, 0.5) is 5.69 Å². The van der Waals surface area contributed by atoms with Crippen molar-refractivity contribution in [2.45, 2.75) is 13.1 Å². The van der Waals surface area contributed by atoms with Crippen LogP contribution in [-0.2, 0) is 17.8 Å². The predicted molar refractivity (Wildman–Crippen MR) is 79.7 cm³/mol. The minimum absolute atomic E-state index is 0.0730. The van der Waals surface area contributed by atoms with E-state index in [9.17, 15) is 4.79 Å². The highest BCUT2D eigenvalue weighted by Crippen LogP contribution is 2.13. The van der Waals surface area contributed by atoms with Crippen LogP contribution in [-0.4, -0.2) is 42.3 Å². The van der Waals surface area contributed by atoms with Crippen molar-refractivity contribution in [1.29, 1.82) is 0 Å². The van der Waals surface area contributed by atoms with Gasteiger partial charge in [0.25, 0.3) is 5.56 Å². The van der Waals surface area contributed by atoms with Crippen molar-refractivity contribution in [2.24, 2.45) is 0 Å². The first-order valence-electron chi connectivity index (χ1n) is 6.45. The quantitative estimate of drug-likeness (QED) is 0.813. The van der Waals surface area contributed by atoms with Crippen LogP contribution in [0.2, 0.25) is 0 Å². The minimum Gasteiger partial charge on any atom is -0.399 e. The Kier molecular flexibility index (Phi) is 4.36. The third-order valence-electron chi connectivity index (χ3n) is 3.03. The third kappa shape index (κ3) is 2.97. The second-order valence-corrected chi connectivity index (χ2v) is 4.99. The van der Waals surface area contributed by atoms with Gasteiger partial charge in [0, 0.05) is 12.8 Å². The zero-order chi connectivity index (χ0) is 14.7. The van der Waals surface area contributed by atoms with Gasteiger partial charge in [0.2, 0.25) is 0 Å². The molecule has 0 unspecified atom stereocenters. The molecule has 0 amide bonds. The van der Waals surface area contributed by atoms with E-state index in [2.05, 4.69) is 4.98 Å². The van der Waals surface area contributed by atoms with Crippen LogP contribution >= 0.6 is 0 Å². The maximum Gasteiger partial charge on any atom is 0.261 e. The summed E-state index contributed by atoms with van der Waals surface area (Å²) in [5.41, 5.74) is 6.92. The first-order valence-corrected chi connectivity index (χ1v) is 6.45. The number of nitrogens with two attached hydrogens (primary N) is 1. The van der Waals surface area contributed by atoms with E-state index in [0.717, 1.165) is 5.82 Å². The molecular formula is C14H20N4O2. The van der Waals surface area contributed by atoms with Crippen molar-refractivity contribution in [1.82, 2.24) is 14.5 Å². The number of ether oxygens (including phenoxy) is 1. The molecule has 108 valence electrons. The van der Waals surface area contributed by atoms with Gasteiger partial charge in [-0.05, 0) is 32.3 Å². The lowest BCUT2D eigenvalue weighted by atomic mass is 10.2. The van der Waals surface area contributed by atoms with Crippen molar-refractivity contribution in [3.05, 3.63) is 34.4 Å². The molecule has 20 heavy (non-hydrogen) atoms. The second-order valence-electron chi connectivity index (χ2n) is 4.99. The smallest absolute Gasteiger partial charge is 0.261 e. The normalized spacial score (nSPS) is 11.4. The number of rotatable bonds is 5. The van der Waals surface area contributed by atoms with E-state index in [1.165, 1.54) is 0 Å². The van der Waals surface area contributed by atoms with Crippen molar-refractivity contribution in [3.8, 4) is 0 Å². The molecule has 2 N–H and O–H groups in total. The zero-order valence-electron chi connectivity index (χ0n) is 12.1. The van der Waals surface area contributed by atoms with Gasteiger partial charge < -0.3 is 15.4 Å². The van der Waals surface area contributed by atoms with Gasteiger partial charge in [0.15, 0.2) is 0 Å². The molecule has 1 aromatic carbocycles. The Labute approximate surface area is 117 Å². The lowest BCUT2D eigenvalue weighted by Gasteiger charge is -2.16. The molecule has 2 aromatic rings. The zero-order valence-corrected chi connectivity index (χ0v) is 12.1. The lowest BCUT2D eigenvalue weighted by molar-refractivity contribution is 0.184. The molecule has 0 fully saturated rings. The van der Waals surface area contributed by atoms with Gasteiger partial charge in [-0.1, -0.05) is 0 Å². The number of hydrogen-bond acceptors (Lipinski definition) is 5. The number of anilines is 1. The number of hydrogen-bond donors (Lipinski definition) is 1. The molecule has 1 aromatic heterocycles. The molecule has 0 aliphatic rings. The second kappa shape index (κ2) is 6.02. The first kappa shape index (κ1) is 14.5. The van der Waals surface area contributed by atoms with Crippen LogP contribution in [0.15, 0.2) is 23.0 Å². The van der Waals surface area contributed by atoms with Gasteiger partial charge in [-0.3, -0.25) is 9.36 Å². The van der Waals surface area contributed by atoms with E-state index in [4.69, 9.17) is 10.5 Å². The Hall–Kier alpha value is -1.92. The topological polar surface area (TPSA) is 73.4 Å². The summed E-state index contributed by atoms with van der Waals surface area (Å²) in [6.45, 7) is 1.55. The summed E-state index contributed by atoms with van der Waals surface area (Å²) >= 11 is 0. The number of nitrogens with zero attached hydrogens (tertiary/aromatic N) is 3. The molecule has 0 saturated heterocycles. The molecule has 2 rings (SSSR count). The summed E-state index contributed by atoms with van der Waals surface area (Å²) in [4.78, 5) is 19.1. The van der Waals surface area contributed by atoms with Crippen LogP contribution < -0.4 is 11.3 Å². The maximum atomic E-state index is 12.6. The van der Waals surface area contributed by atoms with E-state index in [-0.39, 0.29) is 5.56 Å². The van der Waals surface area contributed by atoms with Crippen LogP contribution in [0, 0.1) is 0 Å². The Bertz CT molecular complexity index is 664. The Morgan fingerprint density at radius 3 is 2.80 bits per heavy atom. The molecule has 1 heterocycles. The molecule has 0 atom stereocenters. The van der Waals surface area contributed by atoms with Crippen molar-refractivity contribution in [3.63, 3.8) is 0 Å². The third-order valence-corrected chi connectivity index (χ3v) is 3.03. The number of benzene rings is 1. The molecule has 0 aliphatic heterocycles. The van der Waals surface area contributed by atoms with Gasteiger partial charge in [-0.15, -0.1) is 0 Å². The molecule has 0 spiro atoms. The van der Waals surface area contributed by atoms with E-state index >= 15 is 0 Å². The van der Waals surface area contributed by atoms with Crippen molar-refractivity contribution in [2.75, 3.05) is 33.5 Å². The van der Waals surface area contributed by atoms with Gasteiger partial charge in [-0.2, -0.15) is 0 Å². The molecule has 0 bridgehead atoms. The minimum atomic E-state index is -0.0730. The van der Waals surface area contributed by atoms with Gasteiger partial charge >= 0.3 is 0 Å². The fraction of sp³-hybridized carbons (Fsp3) is 0.429. The molecular weight excluding hydrogens is 256 g/mol. The first-order chi connectivity index (χ1) is 9.52. The predicted octanol–water partition coefficient (Wildman–Crippen LogP) is 0.687. The number of fused-ring (bicyclic) bond motifs is 1. The van der Waals surface area contributed by atoms with Crippen LogP contribution in [0.25, 0.3) is 10.9 Å². The number of methoxy groups -OCH3 is 1. The number of aromatic nitrogens is 2. The van der Waals surface area contributed by atoms with E-state index in [1.807, 2.05) is 19.0 Å². The summed E-state index contributed by atoms with van der Waals surface area (Å²) in [5.74, 6) is 0.731. The van der Waals surface area contributed by atoms with E-state index < -0.39 is 0 Å². The van der Waals surface area contributed by atoms with E-state index in [0.29, 0.717) is 36.3 Å². The van der Waals surface area contributed by atoms with Gasteiger partial charge in [0.05, 0.1) is 30.6 Å². The van der Waals surface area contributed by atoms with Crippen LogP contribution in [0.5, 0.6) is 0 Å². The SMILES string of the molecule is COCCn1c(CN(C)C)nc2ccc(N)cc2c1=O. The molecule has 6 nitrogen and oxygen atoms in total. The fourth-order valence-corrected chi connectivity index (χ4v) is 2.10. The van der Waals surface area contributed by atoms with E-state index in [1.54, 1.807) is 29.9 Å². The van der Waals surface area contributed by atoms with Crippen LogP contribution in [0.3, 0.4) is 0 Å². The summed E-state index contributed by atoms with van der Waals surface area (Å²) in [6.07, 6.45) is 0. The van der Waals surface area contributed by atoms with Crippen molar-refractivity contribution >= 4 is 16.6 Å². The average molecular weight is 276 g/mol. The molecule has 6 heteroatoms. The van der Waals surface area contributed by atoms with Gasteiger partial charge in [-0.25, -0.2) is 4.98 Å². The standard InChI is InChI=1S/C14H20N4O2/c1-17(2)9-13-16-12-5-4-10(15)8-11(12)14(19)18(13)6-7-20-3/h4-5,8H,6-7,9,15H2,1-3H3. The Morgan fingerprint density at radius 1 is 1.40 bits per heavy atom. The van der Waals surface area contributed by atoms with Crippen LogP contribution in [0.1, 0.15) is 5.82 Å². The summed E-state index contributed by atoms with van der Waals surface area (Å²) in [5, 5.41) is 0.545. The molecule has 0 aliphatic carbocycles. The van der Waals surface area contributed by atoms with Gasteiger partial charge in [0.1, 0.15) is 5.82 Å². The monoisotopic (exact) mass is 276 g/mol. The maximum absolute atomic E-state index is 12.6. The number of nitrogen functional groups attached to an aromatic ring is 1. The Morgan fingerprint density at radius 2 is 2.15 bits per heavy atom. The largest absolute Gasteiger partial charge is 0.399 e. The molecule has 0 saturated carbocycles. The molecule has 0 radical (unpaired) electrons. The summed E-state index contributed by atoms with van der Waals surface area (Å²) < 4.78 is 6.73. The summed E-state index contributed by atoms with van der Waals surface area (Å²) in [7, 11) is 5.50. The fourth-order valence-electron chi connectivity index (χ4n) is 2.10. The lowest BCUT2D eigenvalue weighted by Crippen LogP contribution is -2.29. The average Bonchev–Trinajstić information content (AvgIpc) is 2.39. The highest BCUT2D eigenvalue weighted by Gasteiger charge is 2.11. The summed E-state index contributed by atoms with van der Waals surface area (Å²) in [6, 6.07) is 5.22.